The first kappa shape index (κ1) is 12.8. The molecule has 5 nitrogen and oxygen atoms in total. The van der Waals surface area contributed by atoms with E-state index in [1.807, 2.05) is 0 Å². The molecule has 0 radical (unpaired) electrons. The van der Waals surface area contributed by atoms with Crippen molar-refractivity contribution in [2.24, 2.45) is 0 Å². The first-order chi connectivity index (χ1) is 8.11. The van der Waals surface area contributed by atoms with Crippen LogP contribution in [0.4, 0.5) is 0 Å². The number of benzene rings is 1. The normalized spacial score (nSPS) is 10.2. The van der Waals surface area contributed by atoms with Crippen LogP contribution in [0.1, 0.15) is 5.56 Å². The monoisotopic (exact) mass is 236 g/mol. The Bertz CT molecular complexity index is 419. The average molecular weight is 236 g/mol. The zero-order valence-corrected chi connectivity index (χ0v) is 9.25. The van der Waals surface area contributed by atoms with Gasteiger partial charge in [0, 0.05) is 6.08 Å². The van der Waals surface area contributed by atoms with Crippen molar-refractivity contribution in [3.63, 3.8) is 0 Å². The lowest BCUT2D eigenvalue weighted by molar-refractivity contribution is -0.143. The number of carbonyl (C=O) groups excluding carboxylic acids is 1. The Morgan fingerprint density at radius 3 is 2.47 bits per heavy atom. The number of carbonyl (C=O) groups is 2. The maximum Gasteiger partial charge on any atom is 0.343 e. The van der Waals surface area contributed by atoms with Crippen LogP contribution in [0.5, 0.6) is 5.75 Å². The number of carboxylic acids is 1. The van der Waals surface area contributed by atoms with Crippen LogP contribution in [0.15, 0.2) is 30.3 Å². The number of rotatable bonds is 5. The molecule has 1 N–H and O–H groups in total. The van der Waals surface area contributed by atoms with E-state index in [2.05, 4.69) is 4.74 Å². The highest BCUT2D eigenvalue weighted by Gasteiger charge is 2.01. The van der Waals surface area contributed by atoms with Gasteiger partial charge in [0.25, 0.3) is 0 Å². The van der Waals surface area contributed by atoms with Gasteiger partial charge in [-0.2, -0.15) is 0 Å². The molecule has 0 aliphatic carbocycles. The van der Waals surface area contributed by atoms with Gasteiger partial charge in [-0.05, 0) is 23.8 Å². The van der Waals surface area contributed by atoms with Gasteiger partial charge >= 0.3 is 11.9 Å². The van der Waals surface area contributed by atoms with E-state index in [1.165, 1.54) is 13.2 Å². The van der Waals surface area contributed by atoms with Gasteiger partial charge in [0.05, 0.1) is 7.11 Å². The summed E-state index contributed by atoms with van der Waals surface area (Å²) in [6.45, 7) is -0.152. The van der Waals surface area contributed by atoms with E-state index in [-0.39, 0.29) is 6.61 Å². The summed E-state index contributed by atoms with van der Waals surface area (Å²) < 4.78 is 9.54. The zero-order valence-electron chi connectivity index (χ0n) is 9.25. The molecule has 0 aliphatic rings. The zero-order chi connectivity index (χ0) is 12.7. The van der Waals surface area contributed by atoms with Crippen molar-refractivity contribution >= 4 is 18.0 Å². The number of hydrogen-bond acceptors (Lipinski definition) is 4. The molecule has 1 aromatic rings. The van der Waals surface area contributed by atoms with Crippen LogP contribution < -0.4 is 4.74 Å². The van der Waals surface area contributed by atoms with Gasteiger partial charge < -0.3 is 14.6 Å². The van der Waals surface area contributed by atoms with Gasteiger partial charge in [0.2, 0.25) is 0 Å². The van der Waals surface area contributed by atoms with Crippen molar-refractivity contribution in [1.82, 2.24) is 0 Å². The third-order valence-corrected chi connectivity index (χ3v) is 1.88. The molecule has 0 amide bonds. The maximum atomic E-state index is 10.8. The molecule has 0 heterocycles. The SMILES string of the molecule is COC(=O)COc1ccc(C=CC(=O)O)cc1. The highest BCUT2D eigenvalue weighted by atomic mass is 16.6. The minimum atomic E-state index is -1.00. The van der Waals surface area contributed by atoms with Crippen molar-refractivity contribution in [2.45, 2.75) is 0 Å². The Labute approximate surface area is 98.3 Å². The summed E-state index contributed by atoms with van der Waals surface area (Å²) in [7, 11) is 1.28. The highest BCUT2D eigenvalue weighted by molar-refractivity contribution is 5.85. The van der Waals surface area contributed by atoms with Crippen LogP contribution in [0, 0.1) is 0 Å². The molecule has 1 rings (SSSR count). The average Bonchev–Trinajstić information content (AvgIpc) is 2.34. The molecule has 0 saturated carbocycles. The Balaban J connectivity index is 2.56. The summed E-state index contributed by atoms with van der Waals surface area (Å²) in [5.74, 6) is -0.946. The maximum absolute atomic E-state index is 10.8. The van der Waals surface area contributed by atoms with Crippen LogP contribution >= 0.6 is 0 Å². The Hall–Kier alpha value is -2.30. The van der Waals surface area contributed by atoms with Gasteiger partial charge in [0.15, 0.2) is 6.61 Å². The quantitative estimate of drug-likeness (QED) is 0.616. The second-order valence-corrected chi connectivity index (χ2v) is 3.11. The van der Waals surface area contributed by atoms with Crippen LogP contribution in [0.25, 0.3) is 6.08 Å². The fourth-order valence-electron chi connectivity index (χ4n) is 1.04. The molecule has 0 unspecified atom stereocenters. The minimum absolute atomic E-state index is 0.152. The van der Waals surface area contributed by atoms with Gasteiger partial charge in [0.1, 0.15) is 5.75 Å². The van der Waals surface area contributed by atoms with Gasteiger partial charge in [-0.1, -0.05) is 12.1 Å². The predicted molar refractivity (Wildman–Crippen MR) is 60.6 cm³/mol. The molecule has 90 valence electrons. The number of carboxylic acid groups (broad SMARTS) is 1. The van der Waals surface area contributed by atoms with Crippen molar-refractivity contribution in [3.05, 3.63) is 35.9 Å². The van der Waals surface area contributed by atoms with Crippen molar-refractivity contribution in [3.8, 4) is 5.75 Å². The molecule has 0 bridgehead atoms. The molecular weight excluding hydrogens is 224 g/mol. The van der Waals surface area contributed by atoms with E-state index in [1.54, 1.807) is 24.3 Å². The number of esters is 1. The summed E-state index contributed by atoms with van der Waals surface area (Å²) in [5, 5.41) is 8.44. The minimum Gasteiger partial charge on any atom is -0.482 e. The topological polar surface area (TPSA) is 72.8 Å². The van der Waals surface area contributed by atoms with Crippen LogP contribution in [-0.2, 0) is 14.3 Å². The Morgan fingerprint density at radius 1 is 1.29 bits per heavy atom. The summed E-state index contributed by atoms with van der Waals surface area (Å²) in [5.41, 5.74) is 0.734. The van der Waals surface area contributed by atoms with Crippen LogP contribution in [-0.4, -0.2) is 30.8 Å². The molecule has 1 aromatic carbocycles. The van der Waals surface area contributed by atoms with Crippen molar-refractivity contribution in [1.29, 1.82) is 0 Å². The molecule has 0 aromatic heterocycles. The molecule has 17 heavy (non-hydrogen) atoms. The van der Waals surface area contributed by atoms with Crippen LogP contribution in [0.2, 0.25) is 0 Å². The number of methoxy groups -OCH3 is 1. The van der Waals surface area contributed by atoms with Crippen LogP contribution in [0.3, 0.4) is 0 Å². The first-order valence-corrected chi connectivity index (χ1v) is 4.82. The smallest absolute Gasteiger partial charge is 0.343 e. The van der Waals surface area contributed by atoms with Crippen molar-refractivity contribution in [2.75, 3.05) is 13.7 Å². The summed E-state index contributed by atoms with van der Waals surface area (Å²) in [4.78, 5) is 21.1. The molecular formula is C12H12O5. The molecule has 0 atom stereocenters. The van der Waals surface area contributed by atoms with E-state index in [0.717, 1.165) is 11.6 Å². The largest absolute Gasteiger partial charge is 0.482 e. The third kappa shape index (κ3) is 4.83. The molecule has 0 fully saturated rings. The molecule has 0 spiro atoms. The molecule has 0 aliphatic heterocycles. The second kappa shape index (κ2) is 6.32. The number of hydrogen-bond donors (Lipinski definition) is 1. The van der Waals surface area contributed by atoms with E-state index in [0.29, 0.717) is 5.75 Å². The van der Waals surface area contributed by atoms with E-state index < -0.39 is 11.9 Å². The Kier molecular flexibility index (Phi) is 4.75. The van der Waals surface area contributed by atoms with E-state index in [4.69, 9.17) is 9.84 Å². The lowest BCUT2D eigenvalue weighted by atomic mass is 10.2. The standard InChI is InChI=1S/C12H12O5/c1-16-12(15)8-17-10-5-2-9(3-6-10)4-7-11(13)14/h2-7H,8H2,1H3,(H,13,14). The molecule has 5 heteroatoms. The highest BCUT2D eigenvalue weighted by Crippen LogP contribution is 2.13. The Morgan fingerprint density at radius 2 is 1.94 bits per heavy atom. The summed E-state index contributed by atoms with van der Waals surface area (Å²) in [6, 6.07) is 6.66. The van der Waals surface area contributed by atoms with Gasteiger partial charge in [-0.3, -0.25) is 0 Å². The lowest BCUT2D eigenvalue weighted by Crippen LogP contribution is -2.12. The number of ether oxygens (including phenoxy) is 2. The lowest BCUT2D eigenvalue weighted by Gasteiger charge is -2.04. The second-order valence-electron chi connectivity index (χ2n) is 3.11. The molecule has 0 saturated heterocycles. The first-order valence-electron chi connectivity index (χ1n) is 4.82. The summed E-state index contributed by atoms with van der Waals surface area (Å²) in [6.07, 6.45) is 2.51. The number of aliphatic carboxylic acids is 1. The van der Waals surface area contributed by atoms with E-state index in [9.17, 15) is 9.59 Å². The summed E-state index contributed by atoms with van der Waals surface area (Å²) >= 11 is 0. The van der Waals surface area contributed by atoms with Gasteiger partial charge in [-0.15, -0.1) is 0 Å². The van der Waals surface area contributed by atoms with Gasteiger partial charge in [-0.25, -0.2) is 9.59 Å². The van der Waals surface area contributed by atoms with Crippen molar-refractivity contribution < 1.29 is 24.2 Å². The van der Waals surface area contributed by atoms with E-state index >= 15 is 0 Å². The fraction of sp³-hybridized carbons (Fsp3) is 0.167. The third-order valence-electron chi connectivity index (χ3n) is 1.88. The predicted octanol–water partition coefficient (Wildman–Crippen LogP) is 1.34. The fourth-order valence-corrected chi connectivity index (χ4v) is 1.04.